The molecule has 0 radical (unpaired) electrons. The average molecular weight is 396 g/mol. The molecule has 5 nitrogen and oxygen atoms in total. The fraction of sp³-hybridized carbons (Fsp3) is 0.263. The molecule has 0 heterocycles. The van der Waals surface area contributed by atoms with Crippen LogP contribution < -0.4 is 10.1 Å². The summed E-state index contributed by atoms with van der Waals surface area (Å²) in [5.41, 5.74) is 1.06. The van der Waals surface area contributed by atoms with Crippen LogP contribution in [0.25, 0.3) is 0 Å². The van der Waals surface area contributed by atoms with E-state index < -0.39 is 11.9 Å². The van der Waals surface area contributed by atoms with Crippen molar-refractivity contribution in [3.63, 3.8) is 0 Å². The monoisotopic (exact) mass is 395 g/mol. The molecule has 2 aromatic rings. The Kier molecular flexibility index (Phi) is 7.30. The van der Waals surface area contributed by atoms with E-state index in [0.29, 0.717) is 21.4 Å². The molecule has 0 spiro atoms. The molecular weight excluding hydrogens is 377 g/mol. The number of ether oxygens (including phenoxy) is 2. The zero-order valence-corrected chi connectivity index (χ0v) is 15.9. The maximum Gasteiger partial charge on any atom is 0.338 e. The third kappa shape index (κ3) is 6.24. The van der Waals surface area contributed by atoms with E-state index in [2.05, 4.69) is 5.32 Å². The zero-order valence-electron chi connectivity index (χ0n) is 14.4. The molecule has 2 aromatic carbocycles. The Hall–Kier alpha value is -2.24. The number of esters is 1. The number of rotatable bonds is 7. The number of nitrogens with one attached hydrogen (secondary N) is 1. The van der Waals surface area contributed by atoms with Crippen molar-refractivity contribution < 1.29 is 19.1 Å². The van der Waals surface area contributed by atoms with E-state index in [9.17, 15) is 9.59 Å². The number of amides is 1. The van der Waals surface area contributed by atoms with Crippen molar-refractivity contribution in [1.82, 2.24) is 5.32 Å². The van der Waals surface area contributed by atoms with Crippen LogP contribution in [0.1, 0.15) is 29.8 Å². The minimum Gasteiger partial charge on any atom is -0.491 e. The summed E-state index contributed by atoms with van der Waals surface area (Å²) in [6.45, 7) is 3.66. The second-order valence-electron chi connectivity index (χ2n) is 5.78. The summed E-state index contributed by atoms with van der Waals surface area (Å²) in [7, 11) is 0. The fourth-order valence-corrected chi connectivity index (χ4v) is 2.54. The topological polar surface area (TPSA) is 64.6 Å². The minimum atomic E-state index is -0.583. The maximum atomic E-state index is 12.0. The van der Waals surface area contributed by atoms with Gasteiger partial charge in [-0.2, -0.15) is 0 Å². The normalized spacial score (nSPS) is 10.5. The lowest BCUT2D eigenvalue weighted by Gasteiger charge is -2.10. The second-order valence-corrected chi connectivity index (χ2v) is 6.62. The molecular formula is C19H19Cl2NO4. The summed E-state index contributed by atoms with van der Waals surface area (Å²) < 4.78 is 10.5. The lowest BCUT2D eigenvalue weighted by Crippen LogP contribution is -2.28. The Labute approximate surface area is 162 Å². The zero-order chi connectivity index (χ0) is 19.1. The SMILES string of the molecule is CC(C)Oc1ccc(C(=O)OCC(=O)NCc2ccc(Cl)cc2Cl)cc1. The van der Waals surface area contributed by atoms with Crippen molar-refractivity contribution in [2.45, 2.75) is 26.5 Å². The summed E-state index contributed by atoms with van der Waals surface area (Å²) in [4.78, 5) is 23.8. The number of halogens is 2. The first-order valence-corrected chi connectivity index (χ1v) is 8.75. The third-order valence-electron chi connectivity index (χ3n) is 3.29. The molecule has 0 atom stereocenters. The summed E-state index contributed by atoms with van der Waals surface area (Å²) >= 11 is 11.9. The molecule has 138 valence electrons. The maximum absolute atomic E-state index is 12.0. The number of hydrogen-bond acceptors (Lipinski definition) is 4. The fourth-order valence-electron chi connectivity index (χ4n) is 2.07. The highest BCUT2D eigenvalue weighted by Gasteiger charge is 2.11. The quantitative estimate of drug-likeness (QED) is 0.711. The van der Waals surface area contributed by atoms with Crippen molar-refractivity contribution in [2.75, 3.05) is 6.61 Å². The molecule has 0 unspecified atom stereocenters. The molecule has 0 fully saturated rings. The van der Waals surface area contributed by atoms with Gasteiger partial charge in [0.1, 0.15) is 5.75 Å². The predicted octanol–water partition coefficient (Wildman–Crippen LogP) is 4.25. The van der Waals surface area contributed by atoms with Gasteiger partial charge in [0.2, 0.25) is 0 Å². The highest BCUT2D eigenvalue weighted by molar-refractivity contribution is 6.35. The van der Waals surface area contributed by atoms with Gasteiger partial charge in [0.05, 0.1) is 11.7 Å². The van der Waals surface area contributed by atoms with Gasteiger partial charge >= 0.3 is 5.97 Å². The Morgan fingerprint density at radius 3 is 2.38 bits per heavy atom. The van der Waals surface area contributed by atoms with Gasteiger partial charge in [-0.15, -0.1) is 0 Å². The van der Waals surface area contributed by atoms with Crippen molar-refractivity contribution in [3.8, 4) is 5.75 Å². The van der Waals surface area contributed by atoms with Gasteiger partial charge in [0.15, 0.2) is 6.61 Å². The molecule has 1 amide bonds. The second kappa shape index (κ2) is 9.46. The lowest BCUT2D eigenvalue weighted by molar-refractivity contribution is -0.124. The minimum absolute atomic E-state index is 0.0469. The van der Waals surface area contributed by atoms with Crippen LogP contribution in [0.2, 0.25) is 10.0 Å². The molecule has 26 heavy (non-hydrogen) atoms. The standard InChI is InChI=1S/C19H19Cl2NO4/c1-12(2)26-16-7-4-13(5-8-16)19(24)25-11-18(23)22-10-14-3-6-15(20)9-17(14)21/h3-9,12H,10-11H2,1-2H3,(H,22,23). The van der Waals surface area contributed by atoms with E-state index in [1.807, 2.05) is 13.8 Å². The average Bonchev–Trinajstić information content (AvgIpc) is 2.59. The van der Waals surface area contributed by atoms with Gasteiger partial charge in [-0.1, -0.05) is 29.3 Å². The highest BCUT2D eigenvalue weighted by Crippen LogP contribution is 2.20. The Morgan fingerprint density at radius 2 is 1.77 bits per heavy atom. The van der Waals surface area contributed by atoms with Gasteiger partial charge in [0, 0.05) is 16.6 Å². The van der Waals surface area contributed by atoms with Gasteiger partial charge in [-0.05, 0) is 55.8 Å². The van der Waals surface area contributed by atoms with Crippen molar-refractivity contribution in [3.05, 3.63) is 63.6 Å². The van der Waals surface area contributed by atoms with Crippen LogP contribution >= 0.6 is 23.2 Å². The first-order valence-electron chi connectivity index (χ1n) is 7.99. The predicted molar refractivity (Wildman–Crippen MR) is 101 cm³/mol. The lowest BCUT2D eigenvalue weighted by atomic mass is 10.2. The number of benzene rings is 2. The molecule has 1 N–H and O–H groups in total. The molecule has 2 rings (SSSR count). The molecule has 7 heteroatoms. The smallest absolute Gasteiger partial charge is 0.338 e. The van der Waals surface area contributed by atoms with Crippen molar-refractivity contribution >= 4 is 35.1 Å². The highest BCUT2D eigenvalue weighted by atomic mass is 35.5. The molecule has 0 saturated heterocycles. The van der Waals surface area contributed by atoms with Crippen LogP contribution in [0.4, 0.5) is 0 Å². The molecule has 0 aromatic heterocycles. The number of carbonyl (C=O) groups excluding carboxylic acids is 2. The van der Waals surface area contributed by atoms with E-state index in [1.165, 1.54) is 0 Å². The van der Waals surface area contributed by atoms with E-state index in [-0.39, 0.29) is 19.3 Å². The van der Waals surface area contributed by atoms with Gasteiger partial charge in [-0.3, -0.25) is 4.79 Å². The number of hydrogen-bond donors (Lipinski definition) is 1. The molecule has 0 aliphatic carbocycles. The third-order valence-corrected chi connectivity index (χ3v) is 3.87. The van der Waals surface area contributed by atoms with Crippen LogP contribution in [-0.4, -0.2) is 24.6 Å². The molecule has 0 bridgehead atoms. The largest absolute Gasteiger partial charge is 0.491 e. The first-order chi connectivity index (χ1) is 12.3. The van der Waals surface area contributed by atoms with Crippen LogP contribution in [0, 0.1) is 0 Å². The van der Waals surface area contributed by atoms with Gasteiger partial charge in [-0.25, -0.2) is 4.79 Å². The van der Waals surface area contributed by atoms with Crippen LogP contribution in [0.3, 0.4) is 0 Å². The Morgan fingerprint density at radius 1 is 1.08 bits per heavy atom. The Balaban J connectivity index is 1.80. The molecule has 0 aliphatic heterocycles. The van der Waals surface area contributed by atoms with Gasteiger partial charge < -0.3 is 14.8 Å². The van der Waals surface area contributed by atoms with Crippen LogP contribution in [0.15, 0.2) is 42.5 Å². The molecule has 0 saturated carbocycles. The first kappa shape index (κ1) is 20.1. The van der Waals surface area contributed by atoms with Crippen molar-refractivity contribution in [2.24, 2.45) is 0 Å². The van der Waals surface area contributed by atoms with Gasteiger partial charge in [0.25, 0.3) is 5.91 Å². The van der Waals surface area contributed by atoms with Crippen molar-refractivity contribution in [1.29, 1.82) is 0 Å². The Bertz CT molecular complexity index is 776. The van der Waals surface area contributed by atoms with E-state index in [4.69, 9.17) is 32.7 Å². The van der Waals surface area contributed by atoms with E-state index in [1.54, 1.807) is 42.5 Å². The van der Waals surface area contributed by atoms with E-state index >= 15 is 0 Å². The summed E-state index contributed by atoms with van der Waals surface area (Å²) in [6, 6.07) is 11.5. The number of carbonyl (C=O) groups is 2. The summed E-state index contributed by atoms with van der Waals surface area (Å²) in [6.07, 6.45) is 0.0469. The van der Waals surface area contributed by atoms with E-state index in [0.717, 1.165) is 5.56 Å². The van der Waals surface area contributed by atoms with Crippen LogP contribution in [-0.2, 0) is 16.1 Å². The summed E-state index contributed by atoms with van der Waals surface area (Å²) in [5.74, 6) is -0.348. The summed E-state index contributed by atoms with van der Waals surface area (Å²) in [5, 5.41) is 3.61. The van der Waals surface area contributed by atoms with Crippen LogP contribution in [0.5, 0.6) is 5.75 Å². The molecule has 0 aliphatic rings.